The summed E-state index contributed by atoms with van der Waals surface area (Å²) in [6.07, 6.45) is 1.52. The summed E-state index contributed by atoms with van der Waals surface area (Å²) in [6.45, 7) is -0.169. The number of hydrogen-bond acceptors (Lipinski definition) is 5. The van der Waals surface area contributed by atoms with Gasteiger partial charge in [-0.1, -0.05) is 30.3 Å². The van der Waals surface area contributed by atoms with Gasteiger partial charge in [-0.25, -0.2) is 5.43 Å². The number of para-hydroxylation sites is 2. The zero-order valence-corrected chi connectivity index (χ0v) is 18.3. The van der Waals surface area contributed by atoms with E-state index in [1.54, 1.807) is 60.7 Å². The third-order valence-electron chi connectivity index (χ3n) is 4.11. The van der Waals surface area contributed by atoms with E-state index in [1.165, 1.54) is 13.3 Å². The van der Waals surface area contributed by atoms with E-state index >= 15 is 0 Å². The van der Waals surface area contributed by atoms with Gasteiger partial charge in [0, 0.05) is 5.56 Å². The van der Waals surface area contributed by atoms with Crippen LogP contribution in [-0.4, -0.2) is 31.7 Å². The molecule has 2 amide bonds. The highest BCUT2D eigenvalue weighted by molar-refractivity contribution is 9.10. The van der Waals surface area contributed by atoms with Gasteiger partial charge in [0.2, 0.25) is 0 Å². The van der Waals surface area contributed by atoms with Gasteiger partial charge in [-0.2, -0.15) is 5.10 Å². The van der Waals surface area contributed by atoms with Crippen LogP contribution >= 0.6 is 15.9 Å². The molecule has 158 valence electrons. The molecule has 0 spiro atoms. The average molecular weight is 482 g/mol. The molecule has 0 unspecified atom stereocenters. The lowest BCUT2D eigenvalue weighted by Crippen LogP contribution is -2.20. The average Bonchev–Trinajstić information content (AvgIpc) is 2.79. The van der Waals surface area contributed by atoms with E-state index < -0.39 is 0 Å². The van der Waals surface area contributed by atoms with Gasteiger partial charge in [-0.3, -0.25) is 9.59 Å². The number of benzene rings is 3. The van der Waals surface area contributed by atoms with Crippen molar-refractivity contribution >= 4 is 39.6 Å². The summed E-state index contributed by atoms with van der Waals surface area (Å²) in [5.41, 5.74) is 4.31. The fourth-order valence-corrected chi connectivity index (χ4v) is 3.12. The normalized spacial score (nSPS) is 10.5. The molecule has 0 aliphatic heterocycles. The van der Waals surface area contributed by atoms with Crippen molar-refractivity contribution in [3.63, 3.8) is 0 Å². The first-order valence-electron chi connectivity index (χ1n) is 9.30. The summed E-state index contributed by atoms with van der Waals surface area (Å²) in [5.74, 6) is 0.461. The summed E-state index contributed by atoms with van der Waals surface area (Å²) < 4.78 is 11.4. The highest BCUT2D eigenvalue weighted by Crippen LogP contribution is 2.26. The summed E-state index contributed by atoms with van der Waals surface area (Å²) >= 11 is 3.42. The van der Waals surface area contributed by atoms with Gasteiger partial charge in [0.25, 0.3) is 11.8 Å². The van der Waals surface area contributed by atoms with Crippen LogP contribution in [-0.2, 0) is 4.79 Å². The lowest BCUT2D eigenvalue weighted by Gasteiger charge is -2.11. The monoisotopic (exact) mass is 481 g/mol. The van der Waals surface area contributed by atoms with Crippen molar-refractivity contribution in [2.24, 2.45) is 5.10 Å². The van der Waals surface area contributed by atoms with Gasteiger partial charge in [0.15, 0.2) is 6.61 Å². The van der Waals surface area contributed by atoms with Crippen LogP contribution in [0.1, 0.15) is 15.9 Å². The van der Waals surface area contributed by atoms with Gasteiger partial charge in [0.05, 0.1) is 23.5 Å². The highest BCUT2D eigenvalue weighted by Gasteiger charge is 2.09. The van der Waals surface area contributed by atoms with E-state index in [0.29, 0.717) is 27.2 Å². The Hall–Kier alpha value is -3.65. The van der Waals surface area contributed by atoms with Gasteiger partial charge < -0.3 is 14.8 Å². The molecule has 3 aromatic rings. The zero-order valence-electron chi connectivity index (χ0n) is 16.7. The van der Waals surface area contributed by atoms with Crippen LogP contribution in [0.4, 0.5) is 5.69 Å². The van der Waals surface area contributed by atoms with Gasteiger partial charge >= 0.3 is 0 Å². The van der Waals surface area contributed by atoms with E-state index in [4.69, 9.17) is 9.47 Å². The van der Waals surface area contributed by atoms with Crippen molar-refractivity contribution in [3.05, 3.63) is 88.4 Å². The first-order chi connectivity index (χ1) is 15.1. The van der Waals surface area contributed by atoms with Crippen LogP contribution in [0.3, 0.4) is 0 Å². The number of rotatable bonds is 8. The second kappa shape index (κ2) is 10.9. The SMILES string of the molecule is COc1ccccc1NC(=O)COc1ccc(/C=N/NC(=O)c2ccccc2)cc1Br. The van der Waals surface area contributed by atoms with Crippen LogP contribution in [0.2, 0.25) is 0 Å². The number of hydrogen-bond donors (Lipinski definition) is 2. The molecule has 0 bridgehead atoms. The van der Waals surface area contributed by atoms with Crippen LogP contribution in [0, 0.1) is 0 Å². The van der Waals surface area contributed by atoms with Gasteiger partial charge in [-0.05, 0) is 64.0 Å². The molecule has 0 saturated carbocycles. The lowest BCUT2D eigenvalue weighted by molar-refractivity contribution is -0.118. The van der Waals surface area contributed by atoms with Crippen molar-refractivity contribution in [1.29, 1.82) is 0 Å². The number of nitrogens with one attached hydrogen (secondary N) is 2. The number of nitrogens with zero attached hydrogens (tertiary/aromatic N) is 1. The first-order valence-corrected chi connectivity index (χ1v) is 10.1. The van der Waals surface area contributed by atoms with Gasteiger partial charge in [0.1, 0.15) is 11.5 Å². The minimum absolute atomic E-state index is 0.169. The molecule has 0 atom stereocenters. The van der Waals surface area contributed by atoms with Crippen LogP contribution in [0.25, 0.3) is 0 Å². The number of anilines is 1. The molecule has 0 aromatic heterocycles. The lowest BCUT2D eigenvalue weighted by atomic mass is 10.2. The maximum Gasteiger partial charge on any atom is 0.271 e. The Bertz CT molecular complexity index is 1090. The Morgan fingerprint density at radius 2 is 1.74 bits per heavy atom. The van der Waals surface area contributed by atoms with Crippen molar-refractivity contribution in [3.8, 4) is 11.5 Å². The van der Waals surface area contributed by atoms with E-state index in [2.05, 4.69) is 31.8 Å². The molecule has 3 rings (SSSR count). The fourth-order valence-electron chi connectivity index (χ4n) is 2.61. The summed E-state index contributed by atoms with van der Waals surface area (Å²) in [6, 6.07) is 21.2. The molecular weight excluding hydrogens is 462 g/mol. The molecule has 0 saturated heterocycles. The maximum absolute atomic E-state index is 12.2. The summed E-state index contributed by atoms with van der Waals surface area (Å²) in [7, 11) is 1.54. The smallest absolute Gasteiger partial charge is 0.271 e. The van der Waals surface area contributed by atoms with Crippen molar-refractivity contribution < 1.29 is 19.1 Å². The number of halogens is 1. The number of amides is 2. The molecule has 3 aromatic carbocycles. The molecule has 0 fully saturated rings. The summed E-state index contributed by atoms with van der Waals surface area (Å²) in [5, 5.41) is 6.71. The van der Waals surface area contributed by atoms with E-state index in [0.717, 1.165) is 5.56 Å². The Kier molecular flexibility index (Phi) is 7.78. The maximum atomic E-state index is 12.2. The first kappa shape index (κ1) is 22.0. The Labute approximate surface area is 188 Å². The predicted octanol–water partition coefficient (Wildman–Crippen LogP) is 4.24. The topological polar surface area (TPSA) is 89.0 Å². The number of carbonyl (C=O) groups excluding carboxylic acids is 2. The van der Waals surface area contributed by atoms with Crippen molar-refractivity contribution in [2.75, 3.05) is 19.0 Å². The third-order valence-corrected chi connectivity index (χ3v) is 4.73. The van der Waals surface area contributed by atoms with Gasteiger partial charge in [-0.15, -0.1) is 0 Å². The van der Waals surface area contributed by atoms with E-state index in [1.807, 2.05) is 12.1 Å². The molecular formula is C23H20BrN3O4. The second-order valence-corrected chi connectivity index (χ2v) is 7.15. The largest absolute Gasteiger partial charge is 0.495 e. The minimum Gasteiger partial charge on any atom is -0.495 e. The minimum atomic E-state index is -0.314. The van der Waals surface area contributed by atoms with Crippen LogP contribution in [0.5, 0.6) is 11.5 Å². The van der Waals surface area contributed by atoms with E-state index in [-0.39, 0.29) is 18.4 Å². The number of carbonyl (C=O) groups is 2. The zero-order chi connectivity index (χ0) is 22.1. The standard InChI is InChI=1S/C23H20BrN3O4/c1-30-21-10-6-5-9-19(21)26-22(28)15-31-20-12-11-16(13-18(20)24)14-25-27-23(29)17-7-3-2-4-8-17/h2-14H,15H2,1H3,(H,26,28)(H,27,29)/b25-14+. The Morgan fingerprint density at radius 3 is 2.48 bits per heavy atom. The molecule has 0 aliphatic carbocycles. The predicted molar refractivity (Wildman–Crippen MR) is 123 cm³/mol. The number of methoxy groups -OCH3 is 1. The molecule has 0 aliphatic rings. The molecule has 7 nitrogen and oxygen atoms in total. The molecule has 0 radical (unpaired) electrons. The fraction of sp³-hybridized carbons (Fsp3) is 0.0870. The second-order valence-electron chi connectivity index (χ2n) is 6.29. The van der Waals surface area contributed by atoms with Crippen LogP contribution in [0.15, 0.2) is 82.4 Å². The van der Waals surface area contributed by atoms with Crippen molar-refractivity contribution in [2.45, 2.75) is 0 Å². The molecule has 0 heterocycles. The Balaban J connectivity index is 1.53. The quantitative estimate of drug-likeness (QED) is 0.372. The Morgan fingerprint density at radius 1 is 1.00 bits per heavy atom. The third kappa shape index (κ3) is 6.42. The molecule has 31 heavy (non-hydrogen) atoms. The molecule has 2 N–H and O–H groups in total. The number of ether oxygens (including phenoxy) is 2. The highest BCUT2D eigenvalue weighted by atomic mass is 79.9. The van der Waals surface area contributed by atoms with Crippen LogP contribution < -0.4 is 20.2 Å². The summed E-state index contributed by atoms with van der Waals surface area (Å²) in [4.78, 5) is 24.2. The number of hydrazone groups is 1. The molecule has 8 heteroatoms. The van der Waals surface area contributed by atoms with Crippen molar-refractivity contribution in [1.82, 2.24) is 5.43 Å². The van der Waals surface area contributed by atoms with E-state index in [9.17, 15) is 9.59 Å².